The molecule has 0 saturated carbocycles. The van der Waals surface area contributed by atoms with Crippen LogP contribution in [0.15, 0.2) is 15.6 Å². The van der Waals surface area contributed by atoms with Crippen molar-refractivity contribution in [1.82, 2.24) is 5.32 Å². The van der Waals surface area contributed by atoms with Crippen LogP contribution in [0.5, 0.6) is 0 Å². The third-order valence-electron chi connectivity index (χ3n) is 1.45. The van der Waals surface area contributed by atoms with Crippen molar-refractivity contribution in [3.63, 3.8) is 0 Å². The summed E-state index contributed by atoms with van der Waals surface area (Å²) < 4.78 is 1.08. The third-order valence-corrected chi connectivity index (χ3v) is 2.11. The summed E-state index contributed by atoms with van der Waals surface area (Å²) in [5, 5.41) is 3.23. The fourth-order valence-corrected chi connectivity index (χ4v) is 1.53. The van der Waals surface area contributed by atoms with Gasteiger partial charge in [0.15, 0.2) is 0 Å². The highest BCUT2D eigenvalue weighted by atomic mass is 127. The first kappa shape index (κ1) is 9.54. The van der Waals surface area contributed by atoms with Crippen LogP contribution in [0.1, 0.15) is 13.3 Å². The summed E-state index contributed by atoms with van der Waals surface area (Å²) in [5.41, 5.74) is 1.14. The maximum Gasteiger partial charge on any atom is 0.0756 e. The van der Waals surface area contributed by atoms with E-state index < -0.39 is 0 Å². The number of nitrogens with zero attached hydrogens (tertiary/aromatic N) is 1. The molecule has 0 aromatic rings. The molecule has 0 fully saturated rings. The second kappa shape index (κ2) is 4.47. The molecule has 0 saturated heterocycles. The Labute approximate surface area is 86.1 Å². The number of hydrogen-bond acceptors (Lipinski definition) is 3. The van der Waals surface area contributed by atoms with Gasteiger partial charge >= 0.3 is 0 Å². The van der Waals surface area contributed by atoms with Crippen LogP contribution >= 0.6 is 35.2 Å². The topological polar surface area (TPSA) is 24.4 Å². The van der Waals surface area contributed by atoms with E-state index in [0.717, 1.165) is 33.8 Å². The van der Waals surface area contributed by atoms with Gasteiger partial charge in [-0.25, -0.2) is 0 Å². The molecule has 0 aliphatic carbocycles. The molecule has 0 bridgehead atoms. The highest BCUT2D eigenvalue weighted by Gasteiger charge is 2.07. The van der Waals surface area contributed by atoms with E-state index in [2.05, 4.69) is 45.5 Å². The van der Waals surface area contributed by atoms with Crippen molar-refractivity contribution >= 4 is 38.9 Å². The van der Waals surface area contributed by atoms with Crippen LogP contribution in [0.2, 0.25) is 0 Å². The van der Waals surface area contributed by atoms with Gasteiger partial charge in [0, 0.05) is 24.4 Å². The molecule has 0 atom stereocenters. The van der Waals surface area contributed by atoms with E-state index in [0.29, 0.717) is 0 Å². The molecule has 1 heterocycles. The summed E-state index contributed by atoms with van der Waals surface area (Å²) in [4.78, 5) is 5.46. The number of hydrogen-bond donors (Lipinski definition) is 2. The molecular formula is C7H11IN2S. The Bertz CT molecular complexity index is 206. The highest BCUT2D eigenvalue weighted by molar-refractivity contribution is 14.1. The van der Waals surface area contributed by atoms with Gasteiger partial charge in [0.2, 0.25) is 0 Å². The molecule has 0 spiro atoms. The molecule has 62 valence electrons. The van der Waals surface area contributed by atoms with E-state index in [9.17, 15) is 0 Å². The Morgan fingerprint density at radius 2 is 2.45 bits per heavy atom. The van der Waals surface area contributed by atoms with Crippen LogP contribution in [-0.4, -0.2) is 16.8 Å². The van der Waals surface area contributed by atoms with Crippen LogP contribution < -0.4 is 5.32 Å². The lowest BCUT2D eigenvalue weighted by molar-refractivity contribution is 0.693. The molecule has 0 aromatic carbocycles. The Morgan fingerprint density at radius 3 is 3.00 bits per heavy atom. The fraction of sp³-hybridized carbons (Fsp3) is 0.571. The molecular weight excluding hydrogens is 271 g/mol. The molecule has 0 radical (unpaired) electrons. The van der Waals surface area contributed by atoms with Crippen molar-refractivity contribution in [3.05, 3.63) is 10.6 Å². The van der Waals surface area contributed by atoms with E-state index in [4.69, 9.17) is 0 Å². The third kappa shape index (κ3) is 3.13. The lowest BCUT2D eigenvalue weighted by Gasteiger charge is -2.14. The average molecular weight is 282 g/mol. The Kier molecular flexibility index (Phi) is 3.88. The van der Waals surface area contributed by atoms with Gasteiger partial charge in [-0.1, -0.05) is 0 Å². The van der Waals surface area contributed by atoms with E-state index >= 15 is 0 Å². The molecule has 2 nitrogen and oxygen atoms in total. The Balaban J connectivity index is 2.75. The van der Waals surface area contributed by atoms with Gasteiger partial charge < -0.3 is 5.32 Å². The minimum atomic E-state index is 0.867. The van der Waals surface area contributed by atoms with Crippen LogP contribution in [0, 0.1) is 0 Å². The number of nitrogens with one attached hydrogen (secondary N) is 1. The van der Waals surface area contributed by atoms with Crippen molar-refractivity contribution < 1.29 is 0 Å². The highest BCUT2D eigenvalue weighted by Crippen LogP contribution is 2.17. The van der Waals surface area contributed by atoms with Gasteiger partial charge in [-0.3, -0.25) is 4.99 Å². The number of halogens is 1. The van der Waals surface area contributed by atoms with Gasteiger partial charge in [-0.2, -0.15) is 0 Å². The number of aliphatic imine (C=N–C) groups is 1. The zero-order valence-electron chi connectivity index (χ0n) is 6.39. The smallest absolute Gasteiger partial charge is 0.0756 e. The second-order valence-corrected chi connectivity index (χ2v) is 4.53. The molecule has 0 unspecified atom stereocenters. The quantitative estimate of drug-likeness (QED) is 0.429. The Hall–Kier alpha value is 0.450. The largest absolute Gasteiger partial charge is 0.312 e. The van der Waals surface area contributed by atoms with E-state index in [1.54, 1.807) is 0 Å². The van der Waals surface area contributed by atoms with Crippen molar-refractivity contribution in [2.24, 2.45) is 4.99 Å². The van der Waals surface area contributed by atoms with Crippen LogP contribution in [0.4, 0.5) is 0 Å². The van der Waals surface area contributed by atoms with Gasteiger partial charge in [0.1, 0.15) is 0 Å². The minimum Gasteiger partial charge on any atom is -0.312 e. The lowest BCUT2D eigenvalue weighted by atomic mass is 10.2. The van der Waals surface area contributed by atoms with Crippen LogP contribution in [-0.2, 0) is 0 Å². The molecule has 1 aliphatic heterocycles. The molecule has 0 amide bonds. The van der Waals surface area contributed by atoms with Gasteiger partial charge in [0.05, 0.1) is 9.42 Å². The van der Waals surface area contributed by atoms with Gasteiger partial charge in [-0.15, -0.1) is 12.6 Å². The van der Waals surface area contributed by atoms with Crippen molar-refractivity contribution in [2.75, 3.05) is 13.1 Å². The first-order chi connectivity index (χ1) is 5.20. The monoisotopic (exact) mass is 282 g/mol. The molecule has 0 aromatic heterocycles. The maximum atomic E-state index is 4.38. The number of rotatable bonds is 1. The first-order valence-electron chi connectivity index (χ1n) is 3.52. The van der Waals surface area contributed by atoms with E-state index in [1.165, 1.54) is 0 Å². The summed E-state index contributed by atoms with van der Waals surface area (Å²) in [6, 6.07) is 0. The molecule has 4 heteroatoms. The summed E-state index contributed by atoms with van der Waals surface area (Å²) >= 11 is 6.55. The van der Waals surface area contributed by atoms with Gasteiger partial charge in [-0.05, 0) is 29.5 Å². The molecule has 1 rings (SSSR count). The summed E-state index contributed by atoms with van der Waals surface area (Å²) in [7, 11) is 0. The minimum absolute atomic E-state index is 0.867. The molecule has 1 N–H and O–H groups in total. The zero-order chi connectivity index (χ0) is 8.27. The van der Waals surface area contributed by atoms with Crippen molar-refractivity contribution in [2.45, 2.75) is 13.3 Å². The zero-order valence-corrected chi connectivity index (χ0v) is 9.45. The summed E-state index contributed by atoms with van der Waals surface area (Å²) in [6.07, 6.45) is 0.999. The van der Waals surface area contributed by atoms with Gasteiger partial charge in [0.25, 0.3) is 0 Å². The number of thiol groups is 1. The summed E-state index contributed by atoms with van der Waals surface area (Å²) in [5.74, 6) is 0. The molecule has 1 aliphatic rings. The van der Waals surface area contributed by atoms with Crippen LogP contribution in [0.3, 0.4) is 0 Å². The van der Waals surface area contributed by atoms with Crippen molar-refractivity contribution in [1.29, 1.82) is 0 Å². The second-order valence-electron chi connectivity index (χ2n) is 2.43. The first-order valence-corrected chi connectivity index (χ1v) is 5.05. The SMILES string of the molecule is CC(I)=NC1=C(S)CNCC1. The van der Waals surface area contributed by atoms with E-state index in [1.807, 2.05) is 6.92 Å². The standard InChI is InChI=1S/C7H11IN2S/c1-5(8)10-6-2-3-9-4-7(6)11/h9,11H,2-4H2,1H3. The Morgan fingerprint density at radius 1 is 1.73 bits per heavy atom. The normalized spacial score (nSPS) is 20.8. The predicted octanol–water partition coefficient (Wildman–Crippen LogP) is 1.97. The van der Waals surface area contributed by atoms with Crippen LogP contribution in [0.25, 0.3) is 0 Å². The maximum absolute atomic E-state index is 4.38. The summed E-state index contributed by atoms with van der Waals surface area (Å²) in [6.45, 7) is 3.88. The van der Waals surface area contributed by atoms with E-state index in [-0.39, 0.29) is 0 Å². The average Bonchev–Trinajstić information content (AvgIpc) is 1.93. The van der Waals surface area contributed by atoms with Crippen molar-refractivity contribution in [3.8, 4) is 0 Å². The fourth-order valence-electron chi connectivity index (χ4n) is 0.966. The molecule has 11 heavy (non-hydrogen) atoms. The lowest BCUT2D eigenvalue weighted by Crippen LogP contribution is -2.22. The predicted molar refractivity (Wildman–Crippen MR) is 60.6 cm³/mol.